The normalized spacial score (nSPS) is 15.5. The van der Waals surface area contributed by atoms with Crippen LogP contribution in [0.15, 0.2) is 59.4 Å². The van der Waals surface area contributed by atoms with Gasteiger partial charge in [0, 0.05) is 13.1 Å². The molecule has 26 heavy (non-hydrogen) atoms. The van der Waals surface area contributed by atoms with Crippen LogP contribution in [0.3, 0.4) is 0 Å². The number of aromatic nitrogens is 2. The number of likely N-dealkylation sites (tertiary alicyclic amines) is 1. The van der Waals surface area contributed by atoms with Gasteiger partial charge in [0.05, 0.1) is 11.0 Å². The Bertz CT molecular complexity index is 950. The van der Waals surface area contributed by atoms with Gasteiger partial charge < -0.3 is 9.88 Å². The van der Waals surface area contributed by atoms with E-state index in [1.54, 1.807) is 0 Å². The monoisotopic (exact) mass is 349 g/mol. The van der Waals surface area contributed by atoms with E-state index < -0.39 is 0 Å². The van der Waals surface area contributed by atoms with Crippen molar-refractivity contribution in [2.45, 2.75) is 25.8 Å². The molecule has 4 rings (SSSR count). The summed E-state index contributed by atoms with van der Waals surface area (Å²) in [5.41, 5.74) is 2.69. The lowest BCUT2D eigenvalue weighted by Gasteiger charge is -2.32. The molecule has 0 aliphatic carbocycles. The van der Waals surface area contributed by atoms with E-state index in [0.29, 0.717) is 5.92 Å². The maximum atomic E-state index is 12.7. The number of H-pyrrole nitrogens is 1. The number of piperidine rings is 1. The van der Waals surface area contributed by atoms with Gasteiger partial charge >= 0.3 is 5.69 Å². The van der Waals surface area contributed by atoms with Crippen LogP contribution in [0.4, 0.5) is 0 Å². The van der Waals surface area contributed by atoms with E-state index in [1.807, 2.05) is 35.2 Å². The molecule has 0 spiro atoms. The van der Waals surface area contributed by atoms with E-state index in [4.69, 9.17) is 0 Å². The Morgan fingerprint density at radius 2 is 1.69 bits per heavy atom. The summed E-state index contributed by atoms with van der Waals surface area (Å²) >= 11 is 0. The molecule has 1 saturated heterocycles. The molecule has 0 saturated carbocycles. The van der Waals surface area contributed by atoms with Crippen LogP contribution >= 0.6 is 0 Å². The molecule has 0 bridgehead atoms. The number of nitrogens with one attached hydrogen (secondary N) is 1. The van der Waals surface area contributed by atoms with Gasteiger partial charge in [0.2, 0.25) is 5.91 Å². The lowest BCUT2D eigenvalue weighted by molar-refractivity contribution is -0.133. The lowest BCUT2D eigenvalue weighted by atomic mass is 9.90. The van der Waals surface area contributed by atoms with Crippen LogP contribution in [0.1, 0.15) is 18.4 Å². The molecule has 2 aromatic carbocycles. The zero-order valence-electron chi connectivity index (χ0n) is 14.7. The number of fused-ring (bicyclic) bond motifs is 1. The van der Waals surface area contributed by atoms with Crippen molar-refractivity contribution in [3.8, 4) is 0 Å². The van der Waals surface area contributed by atoms with Crippen molar-refractivity contribution in [3.05, 3.63) is 70.6 Å². The third kappa shape index (κ3) is 3.43. The van der Waals surface area contributed by atoms with Gasteiger partial charge in [-0.2, -0.15) is 0 Å². The average molecular weight is 349 g/mol. The van der Waals surface area contributed by atoms with Crippen LogP contribution < -0.4 is 5.69 Å². The first kappa shape index (κ1) is 16.6. The highest BCUT2D eigenvalue weighted by Gasteiger charge is 2.23. The number of imidazole rings is 1. The summed E-state index contributed by atoms with van der Waals surface area (Å²) in [4.78, 5) is 29.5. The van der Waals surface area contributed by atoms with Crippen molar-refractivity contribution in [3.63, 3.8) is 0 Å². The van der Waals surface area contributed by atoms with Crippen molar-refractivity contribution >= 4 is 16.9 Å². The molecule has 1 aromatic heterocycles. The molecule has 1 fully saturated rings. The third-order valence-electron chi connectivity index (χ3n) is 5.31. The van der Waals surface area contributed by atoms with Crippen LogP contribution in [0.2, 0.25) is 0 Å². The maximum absolute atomic E-state index is 12.7. The van der Waals surface area contributed by atoms with Gasteiger partial charge in [-0.05, 0) is 42.9 Å². The summed E-state index contributed by atoms with van der Waals surface area (Å²) in [6.07, 6.45) is 3.11. The van der Waals surface area contributed by atoms with Gasteiger partial charge in [-0.1, -0.05) is 42.5 Å². The molecular formula is C21H23N3O2. The summed E-state index contributed by atoms with van der Waals surface area (Å²) in [6, 6.07) is 18.0. The largest absolute Gasteiger partial charge is 0.341 e. The van der Waals surface area contributed by atoms with Gasteiger partial charge in [-0.25, -0.2) is 4.79 Å². The molecule has 5 nitrogen and oxygen atoms in total. The molecule has 3 aromatic rings. The highest BCUT2D eigenvalue weighted by Crippen LogP contribution is 2.22. The Kier molecular flexibility index (Phi) is 4.61. The number of nitrogens with zero attached hydrogens (tertiary/aromatic N) is 2. The number of rotatable bonds is 4. The predicted octanol–water partition coefficient (Wildman–Crippen LogP) is 2.81. The molecule has 1 N–H and O–H groups in total. The Hall–Kier alpha value is -2.82. The van der Waals surface area contributed by atoms with E-state index in [9.17, 15) is 9.59 Å². The van der Waals surface area contributed by atoms with Crippen LogP contribution in [-0.2, 0) is 17.8 Å². The predicted molar refractivity (Wildman–Crippen MR) is 102 cm³/mol. The standard InChI is InChI=1S/C21H23N3O2/c25-20(15-24-19-9-5-4-8-18(19)22-21(24)26)23-12-10-17(11-13-23)14-16-6-2-1-3-7-16/h1-9,17H,10-15H2,(H,22,26). The first-order valence-electron chi connectivity index (χ1n) is 9.20. The number of hydrogen-bond donors (Lipinski definition) is 1. The Morgan fingerprint density at radius 3 is 2.46 bits per heavy atom. The SMILES string of the molecule is O=C(Cn1c(=O)[nH]c2ccccc21)N1CCC(Cc2ccccc2)CC1. The minimum Gasteiger partial charge on any atom is -0.341 e. The highest BCUT2D eigenvalue weighted by atomic mass is 16.2. The second kappa shape index (κ2) is 7.20. The highest BCUT2D eigenvalue weighted by molar-refractivity contribution is 5.80. The molecule has 0 unspecified atom stereocenters. The molecule has 134 valence electrons. The van der Waals surface area contributed by atoms with Crippen LogP contribution in [0.5, 0.6) is 0 Å². The molecule has 1 aliphatic rings. The van der Waals surface area contributed by atoms with Gasteiger partial charge in [-0.15, -0.1) is 0 Å². The average Bonchev–Trinajstić information content (AvgIpc) is 2.98. The number of hydrogen-bond acceptors (Lipinski definition) is 2. The topological polar surface area (TPSA) is 58.1 Å². The van der Waals surface area contributed by atoms with Crippen LogP contribution in [-0.4, -0.2) is 33.4 Å². The van der Waals surface area contributed by atoms with E-state index >= 15 is 0 Å². The van der Waals surface area contributed by atoms with Crippen LogP contribution in [0, 0.1) is 5.92 Å². The van der Waals surface area contributed by atoms with E-state index in [1.165, 1.54) is 10.1 Å². The summed E-state index contributed by atoms with van der Waals surface area (Å²) in [6.45, 7) is 1.65. The molecule has 0 radical (unpaired) electrons. The molecular weight excluding hydrogens is 326 g/mol. The number of para-hydroxylation sites is 2. The molecule has 1 amide bonds. The first-order chi connectivity index (χ1) is 12.7. The van der Waals surface area contributed by atoms with Crippen molar-refractivity contribution in [1.29, 1.82) is 0 Å². The number of benzene rings is 2. The second-order valence-electron chi connectivity index (χ2n) is 7.05. The van der Waals surface area contributed by atoms with E-state index in [2.05, 4.69) is 29.2 Å². The fourth-order valence-corrected chi connectivity index (χ4v) is 3.83. The van der Waals surface area contributed by atoms with Gasteiger partial charge in [0.1, 0.15) is 6.54 Å². The number of amides is 1. The van der Waals surface area contributed by atoms with Gasteiger partial charge in [0.15, 0.2) is 0 Å². The van der Waals surface area contributed by atoms with E-state index in [0.717, 1.165) is 43.4 Å². The zero-order valence-corrected chi connectivity index (χ0v) is 14.7. The molecule has 0 atom stereocenters. The summed E-state index contributed by atoms with van der Waals surface area (Å²) < 4.78 is 1.54. The minimum atomic E-state index is -0.224. The summed E-state index contributed by atoms with van der Waals surface area (Å²) in [7, 11) is 0. The summed E-state index contributed by atoms with van der Waals surface area (Å²) in [5.74, 6) is 0.646. The molecule has 2 heterocycles. The molecule has 5 heteroatoms. The van der Waals surface area contributed by atoms with Gasteiger partial charge in [-0.3, -0.25) is 9.36 Å². The maximum Gasteiger partial charge on any atom is 0.326 e. The van der Waals surface area contributed by atoms with Crippen molar-refractivity contribution in [2.75, 3.05) is 13.1 Å². The van der Waals surface area contributed by atoms with Crippen molar-refractivity contribution in [1.82, 2.24) is 14.5 Å². The van der Waals surface area contributed by atoms with Crippen molar-refractivity contribution < 1.29 is 4.79 Å². The fourth-order valence-electron chi connectivity index (χ4n) is 3.83. The van der Waals surface area contributed by atoms with Crippen molar-refractivity contribution in [2.24, 2.45) is 5.92 Å². The van der Waals surface area contributed by atoms with Crippen LogP contribution in [0.25, 0.3) is 11.0 Å². The Morgan fingerprint density at radius 1 is 1.00 bits per heavy atom. The Labute approximate surface area is 152 Å². The van der Waals surface area contributed by atoms with Gasteiger partial charge in [0.25, 0.3) is 0 Å². The number of carbonyl (C=O) groups excluding carboxylic acids is 1. The smallest absolute Gasteiger partial charge is 0.326 e. The van der Waals surface area contributed by atoms with E-state index in [-0.39, 0.29) is 18.1 Å². The zero-order chi connectivity index (χ0) is 17.9. The quantitative estimate of drug-likeness (QED) is 0.787. The first-order valence-corrected chi connectivity index (χ1v) is 9.20. The molecule has 1 aliphatic heterocycles. The second-order valence-corrected chi connectivity index (χ2v) is 7.05. The fraction of sp³-hybridized carbons (Fsp3) is 0.333. The summed E-state index contributed by atoms with van der Waals surface area (Å²) in [5, 5.41) is 0. The number of carbonyl (C=O) groups is 1. The number of aromatic amines is 1. The minimum absolute atomic E-state index is 0.0232. The Balaban J connectivity index is 1.38. The third-order valence-corrected chi connectivity index (χ3v) is 5.31. The lowest BCUT2D eigenvalue weighted by Crippen LogP contribution is -2.41.